The molecule has 1 fully saturated rings. The predicted octanol–water partition coefficient (Wildman–Crippen LogP) is 8.05. The second kappa shape index (κ2) is 10.9. The van der Waals surface area contributed by atoms with Gasteiger partial charge in [-0.2, -0.15) is 57.1 Å². The quantitative estimate of drug-likeness (QED) is 0.141. The highest BCUT2D eigenvalue weighted by Crippen LogP contribution is 2.60. The Balaban J connectivity index is 2.78. The molecule has 0 aromatic rings. The standard InChI is InChI=1S/C20H25F13O2/c1-2-3-4-5-12-6-8-13(9-7-12)14(34)35-11-10-15(21,22)16(23,24)17(25,26)18(27,28)19(29,30)20(31,32)33/h12-13H,2-11H2,1H3. The summed E-state index contributed by atoms with van der Waals surface area (Å²) in [7, 11) is 0. The summed E-state index contributed by atoms with van der Waals surface area (Å²) in [5.41, 5.74) is 0. The number of esters is 1. The van der Waals surface area contributed by atoms with E-state index in [1.807, 2.05) is 6.92 Å². The van der Waals surface area contributed by atoms with Crippen molar-refractivity contribution in [1.29, 1.82) is 0 Å². The lowest BCUT2D eigenvalue weighted by atomic mass is 9.80. The minimum atomic E-state index is -7.93. The summed E-state index contributed by atoms with van der Waals surface area (Å²) >= 11 is 0. The van der Waals surface area contributed by atoms with Crippen molar-refractivity contribution in [1.82, 2.24) is 0 Å². The first-order chi connectivity index (χ1) is 15.7. The average Bonchev–Trinajstić information content (AvgIpc) is 2.72. The molecule has 15 heteroatoms. The summed E-state index contributed by atoms with van der Waals surface area (Å²) in [6.45, 7) is 0.325. The van der Waals surface area contributed by atoms with Crippen LogP contribution in [-0.2, 0) is 9.53 Å². The molecule has 0 N–H and O–H groups in total. The second-order valence-corrected chi connectivity index (χ2v) is 8.63. The monoisotopic (exact) mass is 544 g/mol. The maximum atomic E-state index is 13.7. The van der Waals surface area contributed by atoms with Crippen molar-refractivity contribution in [2.45, 2.75) is 101 Å². The van der Waals surface area contributed by atoms with Gasteiger partial charge in [0.15, 0.2) is 0 Å². The van der Waals surface area contributed by atoms with Crippen LogP contribution < -0.4 is 0 Å². The minimum Gasteiger partial charge on any atom is -0.465 e. The molecule has 1 saturated carbocycles. The highest BCUT2D eigenvalue weighted by atomic mass is 19.4. The first-order valence-electron chi connectivity index (χ1n) is 10.8. The van der Waals surface area contributed by atoms with E-state index in [0.29, 0.717) is 18.8 Å². The first-order valence-corrected chi connectivity index (χ1v) is 10.8. The zero-order valence-corrected chi connectivity index (χ0v) is 18.5. The number of unbranched alkanes of at least 4 members (excludes halogenated alkanes) is 2. The molecule has 1 aliphatic carbocycles. The number of hydrogen-bond donors (Lipinski definition) is 0. The second-order valence-electron chi connectivity index (χ2n) is 8.63. The number of carbonyl (C=O) groups excluding carboxylic acids is 1. The Hall–Kier alpha value is -1.44. The fourth-order valence-electron chi connectivity index (χ4n) is 3.73. The van der Waals surface area contributed by atoms with Crippen LogP contribution in [0.4, 0.5) is 57.1 Å². The number of halogens is 13. The minimum absolute atomic E-state index is 0.277. The molecule has 0 aromatic heterocycles. The van der Waals surface area contributed by atoms with E-state index < -0.39 is 60.7 Å². The van der Waals surface area contributed by atoms with Crippen molar-refractivity contribution in [3.63, 3.8) is 0 Å². The smallest absolute Gasteiger partial charge is 0.460 e. The third kappa shape index (κ3) is 6.28. The Bertz CT molecular complexity index is 696. The Morgan fingerprint density at radius 1 is 0.714 bits per heavy atom. The number of carbonyl (C=O) groups is 1. The van der Waals surface area contributed by atoms with Gasteiger partial charge in [0.2, 0.25) is 0 Å². The zero-order chi connectivity index (χ0) is 27.5. The van der Waals surface area contributed by atoms with Gasteiger partial charge in [-0.05, 0) is 31.6 Å². The van der Waals surface area contributed by atoms with Crippen LogP contribution in [0, 0.1) is 11.8 Å². The van der Waals surface area contributed by atoms with Crippen molar-refractivity contribution in [2.75, 3.05) is 6.61 Å². The molecule has 0 aliphatic heterocycles. The molecule has 1 aliphatic rings. The zero-order valence-electron chi connectivity index (χ0n) is 18.5. The van der Waals surface area contributed by atoms with Crippen LogP contribution in [0.1, 0.15) is 64.7 Å². The molecule has 0 amide bonds. The molecule has 35 heavy (non-hydrogen) atoms. The molecule has 0 heterocycles. The normalized spacial score (nSPS) is 21.2. The highest BCUT2D eigenvalue weighted by Gasteiger charge is 2.90. The van der Waals surface area contributed by atoms with Gasteiger partial charge in [-0.1, -0.05) is 32.6 Å². The molecule has 0 unspecified atom stereocenters. The molecule has 2 nitrogen and oxygen atoms in total. The molecule has 0 bridgehead atoms. The van der Waals surface area contributed by atoms with Gasteiger partial charge in [-0.3, -0.25) is 4.79 Å². The van der Waals surface area contributed by atoms with Crippen LogP contribution in [0.5, 0.6) is 0 Å². The summed E-state index contributed by atoms with van der Waals surface area (Å²) in [6.07, 6.45) is -4.35. The van der Waals surface area contributed by atoms with Gasteiger partial charge < -0.3 is 4.74 Å². The summed E-state index contributed by atoms with van der Waals surface area (Å²) in [5.74, 6) is -38.7. The number of rotatable bonds is 12. The lowest BCUT2D eigenvalue weighted by Crippen LogP contribution is -2.70. The van der Waals surface area contributed by atoms with Crippen LogP contribution in [0.2, 0.25) is 0 Å². The number of alkyl halides is 13. The topological polar surface area (TPSA) is 26.3 Å². The van der Waals surface area contributed by atoms with Crippen LogP contribution in [0.3, 0.4) is 0 Å². The van der Waals surface area contributed by atoms with E-state index in [0.717, 1.165) is 25.7 Å². The van der Waals surface area contributed by atoms with Gasteiger partial charge in [-0.25, -0.2) is 0 Å². The van der Waals surface area contributed by atoms with E-state index in [2.05, 4.69) is 4.74 Å². The summed E-state index contributed by atoms with van der Waals surface area (Å²) < 4.78 is 174. The van der Waals surface area contributed by atoms with Crippen molar-refractivity contribution in [2.24, 2.45) is 11.8 Å². The lowest BCUT2D eigenvalue weighted by molar-refractivity contribution is -0.440. The van der Waals surface area contributed by atoms with Crippen LogP contribution in [0.15, 0.2) is 0 Å². The average molecular weight is 544 g/mol. The van der Waals surface area contributed by atoms with Gasteiger partial charge in [0, 0.05) is 0 Å². The fourth-order valence-corrected chi connectivity index (χ4v) is 3.73. The Kier molecular flexibility index (Phi) is 9.83. The van der Waals surface area contributed by atoms with Crippen molar-refractivity contribution in [3.05, 3.63) is 0 Å². The fraction of sp³-hybridized carbons (Fsp3) is 0.950. The Morgan fingerprint density at radius 3 is 1.66 bits per heavy atom. The molecular weight excluding hydrogens is 519 g/mol. The van der Waals surface area contributed by atoms with Gasteiger partial charge in [-0.15, -0.1) is 0 Å². The summed E-state index contributed by atoms with van der Waals surface area (Å²) in [5, 5.41) is 0. The molecule has 0 atom stereocenters. The third-order valence-electron chi connectivity index (χ3n) is 6.05. The van der Waals surface area contributed by atoms with Crippen molar-refractivity contribution < 1.29 is 66.6 Å². The molecule has 0 aromatic carbocycles. The SMILES string of the molecule is CCCCCC1CCC(C(=O)OCCC(F)(F)C(F)(F)C(F)(F)C(F)(F)C(F)(F)C(F)(F)F)CC1. The van der Waals surface area contributed by atoms with Gasteiger partial charge in [0.25, 0.3) is 0 Å². The molecule has 0 radical (unpaired) electrons. The number of hydrogen-bond acceptors (Lipinski definition) is 2. The Labute approximate surface area is 192 Å². The first kappa shape index (κ1) is 31.6. The van der Waals surface area contributed by atoms with E-state index in [4.69, 9.17) is 0 Å². The van der Waals surface area contributed by atoms with Gasteiger partial charge in [0.05, 0.1) is 18.9 Å². The maximum Gasteiger partial charge on any atom is 0.460 e. The number of ether oxygens (including phenoxy) is 1. The molecular formula is C20H25F13O2. The highest BCUT2D eigenvalue weighted by molar-refractivity contribution is 5.72. The van der Waals surface area contributed by atoms with E-state index >= 15 is 0 Å². The third-order valence-corrected chi connectivity index (χ3v) is 6.05. The largest absolute Gasteiger partial charge is 0.465 e. The summed E-state index contributed by atoms with van der Waals surface area (Å²) in [4.78, 5) is 12.0. The van der Waals surface area contributed by atoms with Crippen molar-refractivity contribution in [3.8, 4) is 0 Å². The molecule has 0 saturated heterocycles. The van der Waals surface area contributed by atoms with E-state index in [1.54, 1.807) is 0 Å². The van der Waals surface area contributed by atoms with Crippen LogP contribution in [-0.4, -0.2) is 48.4 Å². The Morgan fingerprint density at radius 2 is 1.20 bits per heavy atom. The molecule has 1 rings (SSSR count). The maximum absolute atomic E-state index is 13.7. The lowest BCUT2D eigenvalue weighted by Gasteiger charge is -2.39. The van der Waals surface area contributed by atoms with E-state index in [1.165, 1.54) is 0 Å². The summed E-state index contributed by atoms with van der Waals surface area (Å²) in [6, 6.07) is 0. The van der Waals surface area contributed by atoms with Gasteiger partial charge in [0.1, 0.15) is 0 Å². The van der Waals surface area contributed by atoms with E-state index in [-0.39, 0.29) is 12.8 Å². The molecule has 0 spiro atoms. The van der Waals surface area contributed by atoms with Crippen LogP contribution in [0.25, 0.3) is 0 Å². The predicted molar refractivity (Wildman–Crippen MR) is 96.0 cm³/mol. The molecule has 208 valence electrons. The van der Waals surface area contributed by atoms with Gasteiger partial charge >= 0.3 is 41.8 Å². The van der Waals surface area contributed by atoms with Crippen molar-refractivity contribution >= 4 is 5.97 Å². The van der Waals surface area contributed by atoms with E-state index in [9.17, 15) is 61.9 Å². The van der Waals surface area contributed by atoms with Crippen LogP contribution >= 0.6 is 0 Å².